The van der Waals surface area contributed by atoms with Crippen molar-refractivity contribution >= 4 is 17.6 Å². The molecule has 0 bridgehead atoms. The number of halogens is 1. The van der Waals surface area contributed by atoms with Crippen LogP contribution in [0.3, 0.4) is 0 Å². The van der Waals surface area contributed by atoms with Crippen molar-refractivity contribution in [3.63, 3.8) is 0 Å². The summed E-state index contributed by atoms with van der Waals surface area (Å²) < 4.78 is 27.0. The number of hydrogen-bond donors (Lipinski definition) is 1. The molecule has 0 saturated heterocycles. The molecule has 1 aromatic heterocycles. The highest BCUT2D eigenvalue weighted by Crippen LogP contribution is 2.43. The van der Waals surface area contributed by atoms with E-state index in [1.165, 1.54) is 16.8 Å². The van der Waals surface area contributed by atoms with Gasteiger partial charge >= 0.3 is 11.9 Å². The number of nitriles is 1. The molecular weight excluding hydrogens is 479 g/mol. The van der Waals surface area contributed by atoms with Gasteiger partial charge in [0.2, 0.25) is 0 Å². The number of esters is 2. The number of carbonyl (C=O) groups is 2. The average molecular weight is 503 g/mol. The third-order valence-electron chi connectivity index (χ3n) is 5.95. The zero-order chi connectivity index (χ0) is 26.7. The Morgan fingerprint density at radius 1 is 1.14 bits per heavy atom. The fourth-order valence-electron chi connectivity index (χ4n) is 4.17. The number of nitrogens with two attached hydrogens (primary N) is 1. The Balaban J connectivity index is 1.97. The van der Waals surface area contributed by atoms with E-state index >= 15 is 4.39 Å². The van der Waals surface area contributed by atoms with Crippen LogP contribution in [0.1, 0.15) is 24.1 Å². The maximum Gasteiger partial charge on any atom is 0.355 e. The largest absolute Gasteiger partial charge is 0.466 e. The van der Waals surface area contributed by atoms with Crippen LogP contribution in [0.2, 0.25) is 0 Å². The van der Waals surface area contributed by atoms with Crippen LogP contribution in [-0.2, 0) is 25.5 Å². The Labute approximate surface area is 212 Å². The van der Waals surface area contributed by atoms with Crippen molar-refractivity contribution in [1.29, 1.82) is 5.26 Å². The number of ether oxygens (including phenoxy) is 2. The van der Waals surface area contributed by atoms with Gasteiger partial charge in [-0.3, -0.25) is 4.90 Å². The number of aryl methyl sites for hydroxylation is 1. The topological polar surface area (TPSA) is 136 Å². The second-order valence-electron chi connectivity index (χ2n) is 7.98. The summed E-state index contributed by atoms with van der Waals surface area (Å²) in [6.45, 7) is 1.92. The average Bonchev–Trinajstić information content (AvgIpc) is 3.41. The molecule has 0 aliphatic carbocycles. The van der Waals surface area contributed by atoms with E-state index in [1.54, 1.807) is 42.6 Å². The SMILES string of the molecule is CCc1cn(-c2ccc(N3C(N)=C(C#N)C(c4ccccc4)C(C(=O)OC)=C3C(=O)OC)c(F)c2)nn1. The Morgan fingerprint density at radius 3 is 2.41 bits per heavy atom. The van der Waals surface area contributed by atoms with Crippen LogP contribution < -0.4 is 10.6 Å². The Hall–Kier alpha value is -4.98. The highest BCUT2D eigenvalue weighted by atomic mass is 19.1. The third kappa shape index (κ3) is 4.40. The molecule has 1 aliphatic rings. The maximum atomic E-state index is 15.6. The molecule has 2 N–H and O–H groups in total. The summed E-state index contributed by atoms with van der Waals surface area (Å²) in [5, 5.41) is 18.1. The van der Waals surface area contributed by atoms with Gasteiger partial charge in [-0.05, 0) is 24.1 Å². The first-order chi connectivity index (χ1) is 17.9. The van der Waals surface area contributed by atoms with Crippen molar-refractivity contribution in [3.8, 4) is 11.8 Å². The van der Waals surface area contributed by atoms with Gasteiger partial charge in [0.05, 0.1) is 60.6 Å². The number of nitrogens with zero attached hydrogens (tertiary/aromatic N) is 5. The summed E-state index contributed by atoms with van der Waals surface area (Å²) in [7, 11) is 2.26. The number of aromatic nitrogens is 3. The van der Waals surface area contributed by atoms with Crippen LogP contribution in [0.25, 0.3) is 5.69 Å². The lowest BCUT2D eigenvalue weighted by Crippen LogP contribution is -2.41. The standard InChI is InChI=1S/C26H23FN6O4/c1-4-16-14-32(31-30-16)17-10-11-20(19(27)12-17)33-23(26(35)37-3)22(25(34)36-2)21(18(13-28)24(33)29)15-8-6-5-7-9-15/h5-12,14,21H,4,29H2,1-3H3. The molecule has 10 nitrogen and oxygen atoms in total. The molecule has 37 heavy (non-hydrogen) atoms. The summed E-state index contributed by atoms with van der Waals surface area (Å²) >= 11 is 0. The second kappa shape index (κ2) is 10.3. The van der Waals surface area contributed by atoms with Crippen molar-refractivity contribution in [2.24, 2.45) is 5.73 Å². The zero-order valence-electron chi connectivity index (χ0n) is 20.3. The molecule has 1 atom stereocenters. The van der Waals surface area contributed by atoms with E-state index in [0.717, 1.165) is 24.8 Å². The summed E-state index contributed by atoms with van der Waals surface area (Å²) in [5.41, 5.74) is 7.20. The molecule has 188 valence electrons. The number of carbonyl (C=O) groups excluding carboxylic acids is 2. The quantitative estimate of drug-likeness (QED) is 0.505. The van der Waals surface area contributed by atoms with Crippen molar-refractivity contribution in [3.05, 3.63) is 94.5 Å². The molecule has 0 spiro atoms. The third-order valence-corrected chi connectivity index (χ3v) is 5.95. The normalized spacial score (nSPS) is 15.4. The minimum absolute atomic E-state index is 0.0633. The minimum Gasteiger partial charge on any atom is -0.466 e. The van der Waals surface area contributed by atoms with Crippen LogP contribution in [0, 0.1) is 17.1 Å². The number of hydrogen-bond acceptors (Lipinski definition) is 9. The van der Waals surface area contributed by atoms with Gasteiger partial charge in [-0.15, -0.1) is 5.10 Å². The van der Waals surface area contributed by atoms with Crippen LogP contribution in [0.5, 0.6) is 0 Å². The molecule has 0 radical (unpaired) electrons. The van der Waals surface area contributed by atoms with Gasteiger partial charge in [-0.2, -0.15) is 5.26 Å². The van der Waals surface area contributed by atoms with E-state index in [2.05, 4.69) is 10.3 Å². The van der Waals surface area contributed by atoms with Crippen molar-refractivity contribution in [2.45, 2.75) is 19.3 Å². The van der Waals surface area contributed by atoms with Gasteiger partial charge in [0.15, 0.2) is 0 Å². The molecule has 1 aliphatic heterocycles. The molecule has 4 rings (SSSR count). The number of anilines is 1. The zero-order valence-corrected chi connectivity index (χ0v) is 20.3. The van der Waals surface area contributed by atoms with E-state index < -0.39 is 23.7 Å². The van der Waals surface area contributed by atoms with Crippen LogP contribution in [-0.4, -0.2) is 41.2 Å². The van der Waals surface area contributed by atoms with Gasteiger partial charge in [0, 0.05) is 6.07 Å². The van der Waals surface area contributed by atoms with Gasteiger partial charge in [-0.25, -0.2) is 18.7 Å². The maximum absolute atomic E-state index is 15.6. The summed E-state index contributed by atoms with van der Waals surface area (Å²) in [6.07, 6.45) is 2.32. The van der Waals surface area contributed by atoms with E-state index in [4.69, 9.17) is 15.2 Å². The molecular formula is C26H23FN6O4. The van der Waals surface area contributed by atoms with E-state index in [0.29, 0.717) is 17.7 Å². The predicted octanol–water partition coefficient (Wildman–Crippen LogP) is 2.87. The smallest absolute Gasteiger partial charge is 0.355 e. The first-order valence-corrected chi connectivity index (χ1v) is 11.2. The number of allylic oxidation sites excluding steroid dienone is 1. The highest BCUT2D eigenvalue weighted by molar-refractivity contribution is 6.06. The fourth-order valence-corrected chi connectivity index (χ4v) is 4.17. The highest BCUT2D eigenvalue weighted by Gasteiger charge is 2.43. The number of benzene rings is 2. The molecule has 11 heteroatoms. The minimum atomic E-state index is -1.05. The number of methoxy groups -OCH3 is 2. The monoisotopic (exact) mass is 502 g/mol. The van der Waals surface area contributed by atoms with E-state index in [-0.39, 0.29) is 28.4 Å². The second-order valence-corrected chi connectivity index (χ2v) is 7.98. The lowest BCUT2D eigenvalue weighted by atomic mass is 9.81. The van der Waals surface area contributed by atoms with Gasteiger partial charge in [-0.1, -0.05) is 42.5 Å². The lowest BCUT2D eigenvalue weighted by molar-refractivity contribution is -0.139. The molecule has 2 aromatic carbocycles. The summed E-state index contributed by atoms with van der Waals surface area (Å²) in [4.78, 5) is 27.2. The van der Waals surface area contributed by atoms with Gasteiger partial charge < -0.3 is 15.2 Å². The lowest BCUT2D eigenvalue weighted by Gasteiger charge is -2.36. The van der Waals surface area contributed by atoms with Gasteiger partial charge in [0.1, 0.15) is 17.3 Å². The van der Waals surface area contributed by atoms with Crippen LogP contribution in [0.4, 0.5) is 10.1 Å². The summed E-state index contributed by atoms with van der Waals surface area (Å²) in [6, 6.07) is 14.7. The Bertz CT molecular complexity index is 1470. The van der Waals surface area contributed by atoms with E-state index in [1.807, 2.05) is 13.0 Å². The van der Waals surface area contributed by atoms with Crippen molar-refractivity contribution in [2.75, 3.05) is 19.1 Å². The Morgan fingerprint density at radius 2 is 1.84 bits per heavy atom. The van der Waals surface area contributed by atoms with Gasteiger partial charge in [0.25, 0.3) is 0 Å². The first-order valence-electron chi connectivity index (χ1n) is 11.2. The summed E-state index contributed by atoms with van der Waals surface area (Å²) in [5.74, 6) is -3.94. The first kappa shape index (κ1) is 25.1. The molecule has 1 unspecified atom stereocenters. The molecule has 3 aromatic rings. The number of rotatable bonds is 6. The van der Waals surface area contributed by atoms with Crippen molar-refractivity contribution < 1.29 is 23.5 Å². The van der Waals surface area contributed by atoms with Crippen molar-refractivity contribution in [1.82, 2.24) is 15.0 Å². The van der Waals surface area contributed by atoms with E-state index in [9.17, 15) is 14.9 Å². The van der Waals surface area contributed by atoms with Crippen LogP contribution >= 0.6 is 0 Å². The fraction of sp³-hybridized carbons (Fsp3) is 0.192. The molecule has 2 heterocycles. The molecule has 0 amide bonds. The Kier molecular flexibility index (Phi) is 7.01. The molecule has 0 fully saturated rings. The predicted molar refractivity (Wildman–Crippen MR) is 130 cm³/mol. The van der Waals surface area contributed by atoms with Crippen LogP contribution in [0.15, 0.2) is 77.4 Å². The molecule has 0 saturated carbocycles.